The molecule has 4 heteroatoms. The highest BCUT2D eigenvalue weighted by atomic mass is 19.1. The van der Waals surface area contributed by atoms with Crippen LogP contribution in [0.2, 0.25) is 0 Å². The van der Waals surface area contributed by atoms with Crippen molar-refractivity contribution in [3.63, 3.8) is 0 Å². The molecule has 3 nitrogen and oxygen atoms in total. The third kappa shape index (κ3) is 2.70. The van der Waals surface area contributed by atoms with E-state index in [-0.39, 0.29) is 5.56 Å². The minimum absolute atomic E-state index is 0.262. The molecule has 98 valence electrons. The van der Waals surface area contributed by atoms with E-state index in [0.29, 0.717) is 18.4 Å². The summed E-state index contributed by atoms with van der Waals surface area (Å²) < 4.78 is 13.5. The molecule has 0 saturated carbocycles. The zero-order chi connectivity index (χ0) is 13.3. The number of benzene rings is 1. The van der Waals surface area contributed by atoms with Gasteiger partial charge in [-0.3, -0.25) is 4.90 Å². The van der Waals surface area contributed by atoms with E-state index in [1.165, 1.54) is 12.1 Å². The zero-order valence-electron chi connectivity index (χ0n) is 10.7. The van der Waals surface area contributed by atoms with Crippen LogP contribution in [0.15, 0.2) is 18.2 Å². The average Bonchev–Trinajstić information content (AvgIpc) is 2.57. The molecule has 1 N–H and O–H groups in total. The Balaban J connectivity index is 2.07. The van der Waals surface area contributed by atoms with Crippen LogP contribution in [0.3, 0.4) is 0 Å². The molecule has 2 atom stereocenters. The molecule has 1 aliphatic heterocycles. The number of nitrogens with zero attached hydrogens (tertiary/aromatic N) is 1. The first kappa shape index (κ1) is 13.0. The number of aromatic carboxylic acids is 1. The topological polar surface area (TPSA) is 40.5 Å². The van der Waals surface area contributed by atoms with Crippen molar-refractivity contribution >= 4 is 5.97 Å². The van der Waals surface area contributed by atoms with Crippen LogP contribution in [0.1, 0.15) is 29.8 Å². The van der Waals surface area contributed by atoms with E-state index in [1.54, 1.807) is 6.07 Å². The normalized spacial score (nSPS) is 24.4. The van der Waals surface area contributed by atoms with Gasteiger partial charge in [-0.15, -0.1) is 0 Å². The second kappa shape index (κ2) is 5.06. The quantitative estimate of drug-likeness (QED) is 0.897. The minimum atomic E-state index is -1.22. The first-order valence-electron chi connectivity index (χ1n) is 6.21. The maximum absolute atomic E-state index is 13.5. The smallest absolute Gasteiger partial charge is 0.338 e. The highest BCUT2D eigenvalue weighted by Gasteiger charge is 2.25. The Morgan fingerprint density at radius 2 is 2.00 bits per heavy atom. The summed E-state index contributed by atoms with van der Waals surface area (Å²) in [5.41, 5.74) is 0.570. The van der Waals surface area contributed by atoms with E-state index in [2.05, 4.69) is 18.7 Å². The van der Waals surface area contributed by atoms with Crippen LogP contribution in [0, 0.1) is 17.7 Å². The number of carbonyl (C=O) groups is 1. The second-order valence-electron chi connectivity index (χ2n) is 5.27. The molecule has 18 heavy (non-hydrogen) atoms. The van der Waals surface area contributed by atoms with Gasteiger partial charge in [0.05, 0.1) is 5.56 Å². The monoisotopic (exact) mass is 251 g/mol. The summed E-state index contributed by atoms with van der Waals surface area (Å²) in [6.45, 7) is 7.16. The molecule has 1 saturated heterocycles. The molecular weight excluding hydrogens is 233 g/mol. The van der Waals surface area contributed by atoms with Gasteiger partial charge in [0, 0.05) is 19.6 Å². The van der Waals surface area contributed by atoms with Crippen molar-refractivity contribution in [3.8, 4) is 0 Å². The largest absolute Gasteiger partial charge is 0.478 e. The molecule has 2 rings (SSSR count). The molecule has 1 heterocycles. The van der Waals surface area contributed by atoms with Crippen LogP contribution in [-0.2, 0) is 6.54 Å². The number of hydrogen-bond donors (Lipinski definition) is 1. The standard InChI is InChI=1S/C14H18FNO2/c1-9-6-16(7-10(9)2)8-11-3-4-12(14(17)18)13(15)5-11/h3-5,9-10H,6-8H2,1-2H3,(H,17,18). The maximum atomic E-state index is 13.5. The second-order valence-corrected chi connectivity index (χ2v) is 5.27. The van der Waals surface area contributed by atoms with E-state index in [0.717, 1.165) is 18.7 Å². The summed E-state index contributed by atoms with van der Waals surface area (Å²) in [5.74, 6) is -0.552. The summed E-state index contributed by atoms with van der Waals surface area (Å²) in [6, 6.07) is 4.37. The molecule has 1 aromatic rings. The molecule has 1 aliphatic rings. The SMILES string of the molecule is CC1CN(Cc2ccc(C(=O)O)c(F)c2)CC1C. The van der Waals surface area contributed by atoms with Gasteiger partial charge in [0.25, 0.3) is 0 Å². The Morgan fingerprint density at radius 1 is 1.39 bits per heavy atom. The molecule has 0 aliphatic carbocycles. The van der Waals surface area contributed by atoms with Gasteiger partial charge in [-0.1, -0.05) is 19.9 Å². The van der Waals surface area contributed by atoms with Crippen molar-refractivity contribution in [2.24, 2.45) is 11.8 Å². The van der Waals surface area contributed by atoms with Gasteiger partial charge >= 0.3 is 5.97 Å². The van der Waals surface area contributed by atoms with Gasteiger partial charge in [-0.2, -0.15) is 0 Å². The van der Waals surface area contributed by atoms with E-state index >= 15 is 0 Å². The van der Waals surface area contributed by atoms with Gasteiger partial charge in [0.1, 0.15) is 5.82 Å². The van der Waals surface area contributed by atoms with Crippen molar-refractivity contribution in [1.82, 2.24) is 4.90 Å². The molecule has 1 aromatic carbocycles. The average molecular weight is 251 g/mol. The van der Waals surface area contributed by atoms with E-state index < -0.39 is 11.8 Å². The van der Waals surface area contributed by atoms with Crippen LogP contribution < -0.4 is 0 Å². The molecule has 0 bridgehead atoms. The number of hydrogen-bond acceptors (Lipinski definition) is 2. The fourth-order valence-electron chi connectivity index (χ4n) is 2.47. The van der Waals surface area contributed by atoms with Crippen LogP contribution in [0.25, 0.3) is 0 Å². The fourth-order valence-corrected chi connectivity index (χ4v) is 2.47. The summed E-state index contributed by atoms with van der Waals surface area (Å²) in [4.78, 5) is 13.0. The zero-order valence-corrected chi connectivity index (χ0v) is 10.7. The Hall–Kier alpha value is -1.42. The highest BCUT2D eigenvalue weighted by Crippen LogP contribution is 2.24. The van der Waals surface area contributed by atoms with Crippen LogP contribution >= 0.6 is 0 Å². The maximum Gasteiger partial charge on any atom is 0.338 e. The molecule has 0 radical (unpaired) electrons. The van der Waals surface area contributed by atoms with Crippen LogP contribution in [-0.4, -0.2) is 29.1 Å². The Morgan fingerprint density at radius 3 is 2.50 bits per heavy atom. The lowest BCUT2D eigenvalue weighted by Gasteiger charge is -2.15. The van der Waals surface area contributed by atoms with E-state index in [1.807, 2.05) is 0 Å². The molecule has 0 amide bonds. The summed E-state index contributed by atoms with van der Waals surface area (Å²) in [7, 11) is 0. The minimum Gasteiger partial charge on any atom is -0.478 e. The molecule has 1 fully saturated rings. The summed E-state index contributed by atoms with van der Waals surface area (Å²) in [5, 5.41) is 8.76. The van der Waals surface area contributed by atoms with Gasteiger partial charge in [-0.25, -0.2) is 9.18 Å². The third-order valence-corrected chi connectivity index (χ3v) is 3.73. The third-order valence-electron chi connectivity index (χ3n) is 3.73. The molecule has 0 aromatic heterocycles. The van der Waals surface area contributed by atoms with Crippen molar-refractivity contribution in [2.45, 2.75) is 20.4 Å². The number of carboxylic acid groups (broad SMARTS) is 1. The Kier molecular flexibility index (Phi) is 3.66. The van der Waals surface area contributed by atoms with Gasteiger partial charge in [0.15, 0.2) is 0 Å². The lowest BCUT2D eigenvalue weighted by atomic mass is 10.0. The van der Waals surface area contributed by atoms with Gasteiger partial charge < -0.3 is 5.11 Å². The first-order chi connectivity index (χ1) is 8.47. The lowest BCUT2D eigenvalue weighted by Crippen LogP contribution is -2.20. The molecular formula is C14H18FNO2. The lowest BCUT2D eigenvalue weighted by molar-refractivity contribution is 0.0692. The van der Waals surface area contributed by atoms with Crippen LogP contribution in [0.4, 0.5) is 4.39 Å². The Bertz CT molecular complexity index is 451. The number of halogens is 1. The van der Waals surface area contributed by atoms with Gasteiger partial charge in [-0.05, 0) is 29.5 Å². The number of rotatable bonds is 3. The molecule has 0 spiro atoms. The van der Waals surface area contributed by atoms with Crippen molar-refractivity contribution in [2.75, 3.05) is 13.1 Å². The first-order valence-corrected chi connectivity index (χ1v) is 6.21. The van der Waals surface area contributed by atoms with Gasteiger partial charge in [0.2, 0.25) is 0 Å². The predicted molar refractivity (Wildman–Crippen MR) is 67.0 cm³/mol. The van der Waals surface area contributed by atoms with Crippen molar-refractivity contribution in [3.05, 3.63) is 35.1 Å². The Labute approximate surface area is 106 Å². The predicted octanol–water partition coefficient (Wildman–Crippen LogP) is 2.61. The fraction of sp³-hybridized carbons (Fsp3) is 0.500. The van der Waals surface area contributed by atoms with Crippen LogP contribution in [0.5, 0.6) is 0 Å². The van der Waals surface area contributed by atoms with E-state index in [9.17, 15) is 9.18 Å². The number of carboxylic acids is 1. The highest BCUT2D eigenvalue weighted by molar-refractivity contribution is 5.87. The molecule has 2 unspecified atom stereocenters. The summed E-state index contributed by atoms with van der Waals surface area (Å²) >= 11 is 0. The number of likely N-dealkylation sites (tertiary alicyclic amines) is 1. The van der Waals surface area contributed by atoms with E-state index in [4.69, 9.17) is 5.11 Å². The summed E-state index contributed by atoms with van der Waals surface area (Å²) in [6.07, 6.45) is 0. The van der Waals surface area contributed by atoms with Crippen molar-refractivity contribution < 1.29 is 14.3 Å². The van der Waals surface area contributed by atoms with Crippen molar-refractivity contribution in [1.29, 1.82) is 0 Å².